The first-order valence-corrected chi connectivity index (χ1v) is 3.79. The van der Waals surface area contributed by atoms with Gasteiger partial charge in [0, 0.05) is 17.5 Å². The molecule has 0 spiro atoms. The fraction of sp³-hybridized carbons (Fsp3) is 0.429. The van der Waals surface area contributed by atoms with Gasteiger partial charge in [0.25, 0.3) is 0 Å². The second kappa shape index (κ2) is 2.90. The third kappa shape index (κ3) is 1.74. The number of hydrogen-bond donors (Lipinski definition) is 0. The van der Waals surface area contributed by atoms with E-state index in [9.17, 15) is 0 Å². The molecule has 0 saturated carbocycles. The zero-order valence-electron chi connectivity index (χ0n) is 5.59. The molecule has 1 nitrogen and oxygen atoms in total. The Morgan fingerprint density at radius 3 is 2.78 bits per heavy atom. The van der Waals surface area contributed by atoms with Crippen LogP contribution in [0.3, 0.4) is 0 Å². The van der Waals surface area contributed by atoms with Crippen molar-refractivity contribution < 1.29 is 0 Å². The smallest absolute Gasteiger partial charge is 0.0174 e. The lowest BCUT2D eigenvalue weighted by molar-refractivity contribution is 0.801. The van der Waals surface area contributed by atoms with E-state index in [0.29, 0.717) is 5.92 Å². The van der Waals surface area contributed by atoms with E-state index < -0.39 is 0 Å². The van der Waals surface area contributed by atoms with Crippen LogP contribution in [-0.2, 0) is 0 Å². The second-order valence-electron chi connectivity index (χ2n) is 2.22. The van der Waals surface area contributed by atoms with Gasteiger partial charge in [0.15, 0.2) is 0 Å². The predicted octanol–water partition coefficient (Wildman–Crippen LogP) is 2.41. The largest absolute Gasteiger partial charge is 0.168 e. The van der Waals surface area contributed by atoms with Crippen LogP contribution in [-0.4, -0.2) is 5.87 Å². The number of nitrogens with zero attached hydrogens (tertiary/aromatic N) is 1. The highest BCUT2D eigenvalue weighted by Crippen LogP contribution is 2.15. The summed E-state index contributed by atoms with van der Waals surface area (Å²) in [5.74, 6) is 3.48. The van der Waals surface area contributed by atoms with Crippen LogP contribution >= 0.6 is 11.9 Å². The SMILES string of the molecule is CC(C)C1=C=NSC=C1. The van der Waals surface area contributed by atoms with Gasteiger partial charge in [-0.1, -0.05) is 13.8 Å². The molecule has 1 aliphatic heterocycles. The summed E-state index contributed by atoms with van der Waals surface area (Å²) in [4.78, 5) is 0. The van der Waals surface area contributed by atoms with E-state index in [0.717, 1.165) is 0 Å². The predicted molar refractivity (Wildman–Crippen MR) is 42.5 cm³/mol. The normalized spacial score (nSPS) is 16.6. The van der Waals surface area contributed by atoms with Crippen molar-refractivity contribution in [3.05, 3.63) is 17.1 Å². The fourth-order valence-corrected chi connectivity index (χ4v) is 0.998. The van der Waals surface area contributed by atoms with Crippen molar-refractivity contribution >= 4 is 17.8 Å². The maximum Gasteiger partial charge on any atom is 0.0174 e. The number of allylic oxidation sites excluding steroid dienone is 2. The summed E-state index contributed by atoms with van der Waals surface area (Å²) in [6.07, 6.45) is 2.06. The lowest BCUT2D eigenvalue weighted by Gasteiger charge is -2.02. The Hall–Kier alpha value is -0.460. The van der Waals surface area contributed by atoms with Crippen molar-refractivity contribution in [2.24, 2.45) is 10.3 Å². The Morgan fingerprint density at radius 2 is 2.44 bits per heavy atom. The number of hydrogen-bond acceptors (Lipinski definition) is 2. The Bertz CT molecular complexity index is 185. The van der Waals surface area contributed by atoms with Crippen LogP contribution in [0.4, 0.5) is 0 Å². The van der Waals surface area contributed by atoms with Crippen LogP contribution in [0.1, 0.15) is 13.8 Å². The highest BCUT2D eigenvalue weighted by Gasteiger charge is 1.99. The first-order chi connectivity index (χ1) is 4.30. The molecule has 0 aromatic rings. The third-order valence-corrected chi connectivity index (χ3v) is 1.61. The molecule has 48 valence electrons. The molecule has 0 bridgehead atoms. The number of rotatable bonds is 1. The Kier molecular flexibility index (Phi) is 2.15. The molecular weight excluding hydrogens is 130 g/mol. The monoisotopic (exact) mass is 139 g/mol. The van der Waals surface area contributed by atoms with Crippen LogP contribution in [0.2, 0.25) is 0 Å². The molecule has 0 radical (unpaired) electrons. The molecule has 0 aromatic carbocycles. The average molecular weight is 139 g/mol. The van der Waals surface area contributed by atoms with Crippen molar-refractivity contribution in [2.45, 2.75) is 13.8 Å². The molecule has 0 N–H and O–H groups in total. The van der Waals surface area contributed by atoms with Crippen molar-refractivity contribution in [3.8, 4) is 0 Å². The van der Waals surface area contributed by atoms with Crippen LogP contribution in [0.15, 0.2) is 21.5 Å². The molecule has 1 heterocycles. The maximum atomic E-state index is 3.92. The molecule has 1 rings (SSSR count). The summed E-state index contributed by atoms with van der Waals surface area (Å²) < 4.78 is 3.92. The van der Waals surface area contributed by atoms with Crippen LogP contribution in [0.5, 0.6) is 0 Å². The molecule has 0 fully saturated rings. The standard InChI is InChI=1S/C7H9NS/c1-6(2)7-3-4-9-8-5-7/h3-4,6H,1-2H3. The summed E-state index contributed by atoms with van der Waals surface area (Å²) in [7, 11) is 0. The zero-order chi connectivity index (χ0) is 6.69. The molecule has 0 unspecified atom stereocenters. The van der Waals surface area contributed by atoms with Crippen molar-refractivity contribution in [1.29, 1.82) is 0 Å². The van der Waals surface area contributed by atoms with Crippen molar-refractivity contribution in [1.82, 2.24) is 0 Å². The van der Waals surface area contributed by atoms with E-state index in [2.05, 4.69) is 30.2 Å². The topological polar surface area (TPSA) is 12.4 Å². The van der Waals surface area contributed by atoms with E-state index in [4.69, 9.17) is 0 Å². The quantitative estimate of drug-likeness (QED) is 0.508. The maximum absolute atomic E-state index is 3.92. The minimum Gasteiger partial charge on any atom is -0.168 e. The van der Waals surface area contributed by atoms with Crippen LogP contribution in [0, 0.1) is 5.92 Å². The molecule has 1 aliphatic rings. The summed E-state index contributed by atoms with van der Waals surface area (Å²) in [6, 6.07) is 0. The molecule has 0 aromatic heterocycles. The minimum absolute atomic E-state index is 0.547. The van der Waals surface area contributed by atoms with E-state index in [1.165, 1.54) is 17.5 Å². The molecule has 0 amide bonds. The van der Waals surface area contributed by atoms with E-state index in [1.807, 2.05) is 5.41 Å². The molecule has 9 heavy (non-hydrogen) atoms. The van der Waals surface area contributed by atoms with Gasteiger partial charge >= 0.3 is 0 Å². The highest BCUT2D eigenvalue weighted by atomic mass is 32.2. The van der Waals surface area contributed by atoms with Crippen LogP contribution in [0.25, 0.3) is 0 Å². The first-order valence-electron chi connectivity index (χ1n) is 2.96. The molecule has 0 aliphatic carbocycles. The summed E-state index contributed by atoms with van der Waals surface area (Å²) in [5, 5.41) is 1.98. The third-order valence-electron chi connectivity index (χ3n) is 1.16. The van der Waals surface area contributed by atoms with E-state index >= 15 is 0 Å². The average Bonchev–Trinajstić information content (AvgIpc) is 1.90. The van der Waals surface area contributed by atoms with Gasteiger partial charge in [0.1, 0.15) is 0 Å². The summed E-state index contributed by atoms with van der Waals surface area (Å²) in [5.41, 5.74) is 1.19. The zero-order valence-corrected chi connectivity index (χ0v) is 6.40. The Balaban J connectivity index is 2.79. The lowest BCUT2D eigenvalue weighted by atomic mass is 10.1. The fourth-order valence-electron chi connectivity index (χ4n) is 0.572. The van der Waals surface area contributed by atoms with Crippen LogP contribution < -0.4 is 0 Å². The van der Waals surface area contributed by atoms with Gasteiger partial charge in [-0.3, -0.25) is 0 Å². The highest BCUT2D eigenvalue weighted by molar-refractivity contribution is 8.01. The minimum atomic E-state index is 0.547. The summed E-state index contributed by atoms with van der Waals surface area (Å²) >= 11 is 1.43. The van der Waals surface area contributed by atoms with Gasteiger partial charge in [-0.05, 0) is 23.3 Å². The molecular formula is C7H9NS. The van der Waals surface area contributed by atoms with Crippen molar-refractivity contribution in [2.75, 3.05) is 0 Å². The van der Waals surface area contributed by atoms with Gasteiger partial charge < -0.3 is 0 Å². The first kappa shape index (κ1) is 6.66. The Morgan fingerprint density at radius 1 is 1.67 bits per heavy atom. The van der Waals surface area contributed by atoms with E-state index in [1.54, 1.807) is 0 Å². The van der Waals surface area contributed by atoms with Gasteiger partial charge in [0.2, 0.25) is 0 Å². The van der Waals surface area contributed by atoms with Gasteiger partial charge in [-0.15, -0.1) is 0 Å². The lowest BCUT2D eigenvalue weighted by Crippen LogP contribution is -1.91. The Labute approximate surface area is 59.7 Å². The molecule has 0 atom stereocenters. The van der Waals surface area contributed by atoms with Crippen molar-refractivity contribution in [3.63, 3.8) is 0 Å². The molecule has 2 heteroatoms. The van der Waals surface area contributed by atoms with E-state index in [-0.39, 0.29) is 0 Å². The second-order valence-corrected chi connectivity index (χ2v) is 2.89. The van der Waals surface area contributed by atoms with Gasteiger partial charge in [-0.2, -0.15) is 4.40 Å². The summed E-state index contributed by atoms with van der Waals surface area (Å²) in [6.45, 7) is 4.27. The van der Waals surface area contributed by atoms with Gasteiger partial charge in [0.05, 0.1) is 0 Å². The molecule has 0 saturated heterocycles. The van der Waals surface area contributed by atoms with Gasteiger partial charge in [-0.25, -0.2) is 0 Å².